The molecule has 0 radical (unpaired) electrons. The highest BCUT2D eigenvalue weighted by Crippen LogP contribution is 2.29. The highest BCUT2D eigenvalue weighted by Gasteiger charge is 2.16. The van der Waals surface area contributed by atoms with Crippen molar-refractivity contribution in [3.63, 3.8) is 0 Å². The van der Waals surface area contributed by atoms with E-state index in [2.05, 4.69) is 39.3 Å². The zero-order valence-corrected chi connectivity index (χ0v) is 15.7. The number of aryl methyl sites for hydroxylation is 2. The number of hydrogen-bond donors (Lipinski definition) is 2. The summed E-state index contributed by atoms with van der Waals surface area (Å²) in [5.41, 5.74) is 2.13. The van der Waals surface area contributed by atoms with Gasteiger partial charge in [-0.25, -0.2) is 14.8 Å². The lowest BCUT2D eigenvalue weighted by Gasteiger charge is -2.19. The maximum Gasteiger partial charge on any atom is 0.321 e. The van der Waals surface area contributed by atoms with Crippen LogP contribution in [0.25, 0.3) is 0 Å². The van der Waals surface area contributed by atoms with Crippen LogP contribution in [0.15, 0.2) is 18.3 Å². The van der Waals surface area contributed by atoms with Crippen molar-refractivity contribution in [2.45, 2.75) is 46.1 Å². The van der Waals surface area contributed by atoms with Crippen LogP contribution in [0.5, 0.6) is 0 Å². The number of urea groups is 1. The third-order valence-corrected chi connectivity index (χ3v) is 5.49. The molecule has 0 spiro atoms. The first-order valence-corrected chi connectivity index (χ1v) is 9.74. The number of carbonyl (C=O) groups is 1. The molecule has 134 valence electrons. The lowest BCUT2D eigenvalue weighted by Crippen LogP contribution is -2.28. The van der Waals surface area contributed by atoms with Gasteiger partial charge in [0.2, 0.25) is 0 Å². The zero-order valence-electron chi connectivity index (χ0n) is 14.8. The highest BCUT2D eigenvalue weighted by molar-refractivity contribution is 7.15. The molecule has 0 atom stereocenters. The van der Waals surface area contributed by atoms with E-state index in [9.17, 15) is 4.79 Å². The Morgan fingerprint density at radius 3 is 2.72 bits per heavy atom. The number of pyridine rings is 1. The number of anilines is 2. The van der Waals surface area contributed by atoms with E-state index in [0.29, 0.717) is 11.7 Å². The van der Waals surface area contributed by atoms with Crippen LogP contribution >= 0.6 is 11.3 Å². The Balaban J connectivity index is 1.51. The van der Waals surface area contributed by atoms with Crippen LogP contribution in [0.3, 0.4) is 0 Å². The Kier molecular flexibility index (Phi) is 5.86. The van der Waals surface area contributed by atoms with E-state index in [1.54, 1.807) is 11.3 Å². The minimum Gasteiger partial charge on any atom is -0.357 e. The molecule has 2 N–H and O–H groups in total. The summed E-state index contributed by atoms with van der Waals surface area (Å²) >= 11 is 1.59. The van der Waals surface area contributed by atoms with Crippen LogP contribution in [0, 0.1) is 0 Å². The van der Waals surface area contributed by atoms with Gasteiger partial charge >= 0.3 is 6.03 Å². The maximum absolute atomic E-state index is 12.1. The maximum atomic E-state index is 12.1. The summed E-state index contributed by atoms with van der Waals surface area (Å²) in [7, 11) is 0. The van der Waals surface area contributed by atoms with Gasteiger partial charge in [0.15, 0.2) is 5.13 Å². The van der Waals surface area contributed by atoms with Crippen LogP contribution in [0.4, 0.5) is 15.7 Å². The molecule has 2 aromatic rings. The molecular weight excluding hydrogens is 334 g/mol. The fourth-order valence-electron chi connectivity index (χ4n) is 2.99. The number of rotatable bonds is 6. The first-order valence-electron chi connectivity index (χ1n) is 8.93. The minimum absolute atomic E-state index is 0.223. The number of amides is 2. The van der Waals surface area contributed by atoms with Gasteiger partial charge in [0.05, 0.1) is 5.69 Å². The Morgan fingerprint density at radius 2 is 2.04 bits per heavy atom. The molecule has 1 aliphatic rings. The van der Waals surface area contributed by atoms with E-state index in [1.165, 1.54) is 17.7 Å². The van der Waals surface area contributed by atoms with E-state index in [-0.39, 0.29) is 6.03 Å². The fraction of sp³-hybridized carbons (Fsp3) is 0.500. The molecule has 0 saturated carbocycles. The molecule has 0 fully saturated rings. The predicted octanol–water partition coefficient (Wildman–Crippen LogP) is 3.58. The van der Waals surface area contributed by atoms with Gasteiger partial charge in [0, 0.05) is 30.7 Å². The minimum atomic E-state index is -0.223. The molecule has 2 amide bonds. The predicted molar refractivity (Wildman–Crippen MR) is 102 cm³/mol. The summed E-state index contributed by atoms with van der Waals surface area (Å²) in [5.74, 6) is 0.964. The molecule has 6 nitrogen and oxygen atoms in total. The molecule has 0 aliphatic heterocycles. The van der Waals surface area contributed by atoms with Crippen molar-refractivity contribution in [2.75, 3.05) is 23.3 Å². The summed E-state index contributed by atoms with van der Waals surface area (Å²) < 4.78 is 0. The molecule has 0 saturated heterocycles. The van der Waals surface area contributed by atoms with Crippen molar-refractivity contribution >= 4 is 28.3 Å². The smallest absolute Gasteiger partial charge is 0.321 e. The SMILES string of the molecule is CCN(CC)c1ccc(CNC(=O)Nc2nc3c(s2)CCCC3)cn1. The fourth-order valence-corrected chi connectivity index (χ4v) is 4.03. The summed E-state index contributed by atoms with van der Waals surface area (Å²) in [5, 5.41) is 6.41. The van der Waals surface area contributed by atoms with Gasteiger partial charge < -0.3 is 10.2 Å². The van der Waals surface area contributed by atoms with Crippen LogP contribution < -0.4 is 15.5 Å². The van der Waals surface area contributed by atoms with Crippen molar-refractivity contribution < 1.29 is 4.79 Å². The number of nitrogens with zero attached hydrogens (tertiary/aromatic N) is 3. The molecule has 7 heteroatoms. The largest absolute Gasteiger partial charge is 0.357 e. The molecule has 0 aromatic carbocycles. The first-order chi connectivity index (χ1) is 12.2. The van der Waals surface area contributed by atoms with Gasteiger partial charge in [-0.1, -0.05) is 6.07 Å². The van der Waals surface area contributed by atoms with Crippen molar-refractivity contribution in [3.8, 4) is 0 Å². The van der Waals surface area contributed by atoms with E-state index >= 15 is 0 Å². The van der Waals surface area contributed by atoms with E-state index in [0.717, 1.165) is 43.0 Å². The van der Waals surface area contributed by atoms with Gasteiger partial charge in [-0.2, -0.15) is 0 Å². The molecule has 2 heterocycles. The second kappa shape index (κ2) is 8.29. The summed E-state index contributed by atoms with van der Waals surface area (Å²) in [6.07, 6.45) is 6.34. The average molecular weight is 359 g/mol. The van der Waals surface area contributed by atoms with Crippen molar-refractivity contribution in [1.82, 2.24) is 15.3 Å². The normalized spacial score (nSPS) is 13.2. The van der Waals surface area contributed by atoms with Gasteiger partial charge in [-0.15, -0.1) is 11.3 Å². The third-order valence-electron chi connectivity index (χ3n) is 4.42. The quantitative estimate of drug-likeness (QED) is 0.827. The molecule has 0 bridgehead atoms. The van der Waals surface area contributed by atoms with Crippen LogP contribution in [-0.4, -0.2) is 29.1 Å². The number of nitrogens with one attached hydrogen (secondary N) is 2. The first kappa shape index (κ1) is 17.7. The average Bonchev–Trinajstić information content (AvgIpc) is 3.04. The van der Waals surface area contributed by atoms with Crippen LogP contribution in [0.2, 0.25) is 0 Å². The summed E-state index contributed by atoms with van der Waals surface area (Å²) in [6, 6.07) is 3.78. The molecule has 2 aromatic heterocycles. The zero-order chi connectivity index (χ0) is 17.6. The van der Waals surface area contributed by atoms with Gasteiger partial charge in [-0.05, 0) is 51.2 Å². The number of aromatic nitrogens is 2. The van der Waals surface area contributed by atoms with E-state index in [4.69, 9.17) is 0 Å². The Morgan fingerprint density at radius 1 is 1.24 bits per heavy atom. The number of hydrogen-bond acceptors (Lipinski definition) is 5. The summed E-state index contributed by atoms with van der Waals surface area (Å²) in [6.45, 7) is 6.54. The van der Waals surface area contributed by atoms with Crippen LogP contribution in [-0.2, 0) is 19.4 Å². The number of thiazole rings is 1. The monoisotopic (exact) mass is 359 g/mol. The number of carbonyl (C=O) groups excluding carboxylic acids is 1. The Bertz CT molecular complexity index is 685. The third kappa shape index (κ3) is 4.48. The molecule has 1 aliphatic carbocycles. The van der Waals surface area contributed by atoms with Gasteiger partial charge in [0.1, 0.15) is 5.82 Å². The van der Waals surface area contributed by atoms with Gasteiger partial charge in [-0.3, -0.25) is 5.32 Å². The Hall–Kier alpha value is -2.15. The molecule has 3 rings (SSSR count). The number of fused-ring (bicyclic) bond motifs is 1. The highest BCUT2D eigenvalue weighted by atomic mass is 32.1. The molecular formula is C18H25N5OS. The van der Waals surface area contributed by atoms with Crippen molar-refractivity contribution in [3.05, 3.63) is 34.5 Å². The van der Waals surface area contributed by atoms with Crippen LogP contribution in [0.1, 0.15) is 42.8 Å². The summed E-state index contributed by atoms with van der Waals surface area (Å²) in [4.78, 5) is 24.6. The van der Waals surface area contributed by atoms with Crippen molar-refractivity contribution in [2.24, 2.45) is 0 Å². The lowest BCUT2D eigenvalue weighted by atomic mass is 10.0. The van der Waals surface area contributed by atoms with E-state index < -0.39 is 0 Å². The van der Waals surface area contributed by atoms with Crippen molar-refractivity contribution in [1.29, 1.82) is 0 Å². The Labute approximate surface area is 152 Å². The second-order valence-electron chi connectivity index (χ2n) is 6.10. The lowest BCUT2D eigenvalue weighted by molar-refractivity contribution is 0.251. The molecule has 0 unspecified atom stereocenters. The standard InChI is InChI=1S/C18H25N5OS/c1-3-23(4-2)16-10-9-13(11-19-16)12-20-17(24)22-18-21-14-7-5-6-8-15(14)25-18/h9-11H,3-8,12H2,1-2H3,(H2,20,21,22,24). The van der Waals surface area contributed by atoms with E-state index in [1.807, 2.05) is 18.3 Å². The van der Waals surface area contributed by atoms with Gasteiger partial charge in [0.25, 0.3) is 0 Å². The molecule has 25 heavy (non-hydrogen) atoms. The second-order valence-corrected chi connectivity index (χ2v) is 7.18. The topological polar surface area (TPSA) is 70.2 Å².